The van der Waals surface area contributed by atoms with Crippen molar-refractivity contribution in [3.05, 3.63) is 62.9 Å². The zero-order chi connectivity index (χ0) is 20.6. The van der Waals surface area contributed by atoms with Crippen molar-refractivity contribution < 1.29 is 9.47 Å². The number of benzene rings is 2. The number of aromatic amines is 1. The smallest absolute Gasteiger partial charge is 0.279 e. The van der Waals surface area contributed by atoms with E-state index in [-0.39, 0.29) is 17.2 Å². The van der Waals surface area contributed by atoms with Gasteiger partial charge in [-0.1, -0.05) is 30.3 Å². The molecule has 150 valence electrons. The highest BCUT2D eigenvalue weighted by Crippen LogP contribution is 2.36. The predicted molar refractivity (Wildman–Crippen MR) is 116 cm³/mol. The van der Waals surface area contributed by atoms with Gasteiger partial charge in [-0.2, -0.15) is 5.10 Å². The minimum Gasteiger partial charge on any atom is -0.490 e. The fourth-order valence-electron chi connectivity index (χ4n) is 2.55. The third kappa shape index (κ3) is 5.20. The maximum atomic E-state index is 12.2. The summed E-state index contributed by atoms with van der Waals surface area (Å²) in [6.07, 6.45) is 1.58. The van der Waals surface area contributed by atoms with E-state index < -0.39 is 0 Å². The molecule has 3 rings (SSSR count). The molecule has 2 N–H and O–H groups in total. The minimum absolute atomic E-state index is 0.140. The van der Waals surface area contributed by atoms with Crippen molar-refractivity contribution in [3.8, 4) is 22.8 Å². The van der Waals surface area contributed by atoms with Gasteiger partial charge in [0, 0.05) is 5.56 Å². The van der Waals surface area contributed by atoms with Crippen molar-refractivity contribution in [1.29, 1.82) is 0 Å². The van der Waals surface area contributed by atoms with Crippen LogP contribution in [0.5, 0.6) is 11.5 Å². The molecule has 0 atom stereocenters. The van der Waals surface area contributed by atoms with E-state index in [0.717, 1.165) is 10.0 Å². The first-order valence-corrected chi connectivity index (χ1v) is 9.82. The molecule has 0 aliphatic heterocycles. The van der Waals surface area contributed by atoms with E-state index in [9.17, 15) is 4.79 Å². The first-order valence-electron chi connectivity index (χ1n) is 9.03. The lowest BCUT2D eigenvalue weighted by Gasteiger charge is -2.13. The fourth-order valence-corrected chi connectivity index (χ4v) is 3.12. The number of hydrogen-bond donors (Lipinski definition) is 2. The predicted octanol–water partition coefficient (Wildman–Crippen LogP) is 3.84. The summed E-state index contributed by atoms with van der Waals surface area (Å²) in [5.74, 6) is 1.40. The Hall–Kier alpha value is -3.20. The van der Waals surface area contributed by atoms with E-state index in [4.69, 9.17) is 9.47 Å². The molecular weight excluding hydrogens is 438 g/mol. The second kappa shape index (κ2) is 9.83. The molecule has 0 aliphatic carbocycles. The van der Waals surface area contributed by atoms with Gasteiger partial charge in [0.2, 0.25) is 5.95 Å². The van der Waals surface area contributed by atoms with Gasteiger partial charge in [-0.25, -0.2) is 5.43 Å². The number of ether oxygens (including phenoxy) is 2. The zero-order valence-corrected chi connectivity index (χ0v) is 17.6. The average molecular weight is 458 g/mol. The molecule has 0 amide bonds. The van der Waals surface area contributed by atoms with Crippen LogP contribution in [0, 0.1) is 0 Å². The van der Waals surface area contributed by atoms with Crippen LogP contribution in [0.25, 0.3) is 11.3 Å². The Balaban J connectivity index is 1.76. The molecule has 1 aromatic heterocycles. The number of nitrogens with one attached hydrogen (secondary N) is 2. The number of rotatable bonds is 8. The van der Waals surface area contributed by atoms with Gasteiger partial charge < -0.3 is 9.47 Å². The highest BCUT2D eigenvalue weighted by atomic mass is 79.9. The summed E-state index contributed by atoms with van der Waals surface area (Å²) in [7, 11) is 0. The van der Waals surface area contributed by atoms with Crippen LogP contribution in [-0.4, -0.2) is 34.6 Å². The van der Waals surface area contributed by atoms with E-state index in [1.165, 1.54) is 0 Å². The summed E-state index contributed by atoms with van der Waals surface area (Å²) in [6.45, 7) is 4.85. The van der Waals surface area contributed by atoms with Gasteiger partial charge in [0.1, 0.15) is 0 Å². The first-order chi connectivity index (χ1) is 14.1. The fraction of sp³-hybridized carbons (Fsp3) is 0.200. The van der Waals surface area contributed by atoms with Crippen molar-refractivity contribution in [1.82, 2.24) is 15.2 Å². The van der Waals surface area contributed by atoms with Crippen molar-refractivity contribution >= 4 is 28.1 Å². The topological polar surface area (TPSA) is 101 Å². The Morgan fingerprint density at radius 1 is 1.14 bits per heavy atom. The molecule has 9 heteroatoms. The standard InChI is InChI=1S/C20H20BrN5O3/c1-3-28-16-11-13(10-15(21)18(16)29-4-2)12-22-25-20-23-19(27)17(24-26-20)14-8-6-5-7-9-14/h5-12H,3-4H2,1-2H3,(H2,23,25,26,27)/b22-12+. The highest BCUT2D eigenvalue weighted by molar-refractivity contribution is 9.10. The van der Waals surface area contributed by atoms with Gasteiger partial charge in [0.25, 0.3) is 5.56 Å². The summed E-state index contributed by atoms with van der Waals surface area (Å²) >= 11 is 3.49. The number of anilines is 1. The summed E-state index contributed by atoms with van der Waals surface area (Å²) in [5, 5.41) is 12.1. The van der Waals surface area contributed by atoms with E-state index in [1.54, 1.807) is 18.3 Å². The number of hydrogen-bond acceptors (Lipinski definition) is 7. The van der Waals surface area contributed by atoms with Crippen LogP contribution >= 0.6 is 15.9 Å². The molecule has 0 aliphatic rings. The molecule has 0 fully saturated rings. The number of hydrazone groups is 1. The lowest BCUT2D eigenvalue weighted by Crippen LogP contribution is -2.15. The van der Waals surface area contributed by atoms with E-state index in [2.05, 4.69) is 41.6 Å². The molecule has 0 unspecified atom stereocenters. The molecule has 2 aromatic carbocycles. The van der Waals surface area contributed by atoms with E-state index >= 15 is 0 Å². The summed E-state index contributed by atoms with van der Waals surface area (Å²) in [5.41, 5.74) is 4.03. The van der Waals surface area contributed by atoms with Crippen molar-refractivity contribution in [2.24, 2.45) is 5.10 Å². The van der Waals surface area contributed by atoms with Crippen molar-refractivity contribution in [2.45, 2.75) is 13.8 Å². The maximum absolute atomic E-state index is 12.2. The summed E-state index contributed by atoms with van der Waals surface area (Å²) in [4.78, 5) is 14.9. The SMILES string of the molecule is CCOc1cc(/C=N/Nc2nnc(-c3ccccc3)c(=O)[nH]2)cc(Br)c1OCC. The van der Waals surface area contributed by atoms with Crippen molar-refractivity contribution in [3.63, 3.8) is 0 Å². The van der Waals surface area contributed by atoms with Gasteiger partial charge in [-0.15, -0.1) is 10.2 Å². The largest absolute Gasteiger partial charge is 0.490 e. The van der Waals surface area contributed by atoms with Gasteiger partial charge in [0.05, 0.1) is 23.9 Å². The Bertz CT molecular complexity index is 1050. The number of nitrogens with zero attached hydrogens (tertiary/aromatic N) is 3. The lowest BCUT2D eigenvalue weighted by atomic mass is 10.2. The number of halogens is 1. The molecule has 8 nitrogen and oxygen atoms in total. The third-order valence-corrected chi connectivity index (χ3v) is 4.34. The molecule has 0 radical (unpaired) electrons. The summed E-state index contributed by atoms with van der Waals surface area (Å²) < 4.78 is 12.0. The Morgan fingerprint density at radius 3 is 2.59 bits per heavy atom. The molecule has 1 heterocycles. The maximum Gasteiger partial charge on any atom is 0.279 e. The van der Waals surface area contributed by atoms with Crippen LogP contribution in [0.15, 0.2) is 56.8 Å². The van der Waals surface area contributed by atoms with Crippen LogP contribution in [0.1, 0.15) is 19.4 Å². The third-order valence-electron chi connectivity index (χ3n) is 3.75. The monoisotopic (exact) mass is 457 g/mol. The van der Waals surface area contributed by atoms with Crippen LogP contribution < -0.4 is 20.5 Å². The number of H-pyrrole nitrogens is 1. The highest BCUT2D eigenvalue weighted by Gasteiger charge is 2.11. The van der Waals surface area contributed by atoms with Crippen LogP contribution in [0.3, 0.4) is 0 Å². The minimum atomic E-state index is -0.355. The number of aromatic nitrogens is 3. The summed E-state index contributed by atoms with van der Waals surface area (Å²) in [6, 6.07) is 12.8. The molecule has 29 heavy (non-hydrogen) atoms. The Labute approximate surface area is 176 Å². The van der Waals surface area contributed by atoms with Crippen LogP contribution in [0.4, 0.5) is 5.95 Å². The molecule has 0 bridgehead atoms. The normalized spacial score (nSPS) is 10.9. The van der Waals surface area contributed by atoms with E-state index in [1.807, 2.05) is 44.2 Å². The van der Waals surface area contributed by atoms with Gasteiger partial charge in [-0.3, -0.25) is 9.78 Å². The molecule has 0 saturated carbocycles. The Morgan fingerprint density at radius 2 is 1.90 bits per heavy atom. The Kier molecular flexibility index (Phi) is 6.96. The van der Waals surface area contributed by atoms with Gasteiger partial charge in [-0.05, 0) is 47.5 Å². The molecule has 3 aromatic rings. The van der Waals surface area contributed by atoms with Gasteiger partial charge >= 0.3 is 0 Å². The average Bonchev–Trinajstić information content (AvgIpc) is 2.71. The molecule has 0 saturated heterocycles. The van der Waals surface area contributed by atoms with Crippen molar-refractivity contribution in [2.75, 3.05) is 18.6 Å². The lowest BCUT2D eigenvalue weighted by molar-refractivity contribution is 0.286. The molecule has 0 spiro atoms. The van der Waals surface area contributed by atoms with E-state index in [0.29, 0.717) is 30.3 Å². The second-order valence-corrected chi connectivity index (χ2v) is 6.64. The second-order valence-electron chi connectivity index (χ2n) is 5.78. The molecular formula is C20H20BrN5O3. The van der Waals surface area contributed by atoms with Gasteiger partial charge in [0.15, 0.2) is 17.2 Å². The first kappa shape index (κ1) is 20.5. The zero-order valence-electron chi connectivity index (χ0n) is 16.0. The van der Waals surface area contributed by atoms with Crippen LogP contribution in [-0.2, 0) is 0 Å². The van der Waals surface area contributed by atoms with Crippen LogP contribution in [0.2, 0.25) is 0 Å². The quantitative estimate of drug-likeness (QED) is 0.393.